The van der Waals surface area contributed by atoms with Gasteiger partial charge in [0.25, 0.3) is 0 Å². The number of carbonyl (C=O) groups is 1. The van der Waals surface area contributed by atoms with Crippen LogP contribution < -0.4 is 15.4 Å². The molecule has 118 valence electrons. The molecule has 1 aromatic heterocycles. The van der Waals surface area contributed by atoms with Crippen molar-refractivity contribution in [1.82, 2.24) is 5.32 Å². The second-order valence-electron chi connectivity index (χ2n) is 4.46. The lowest BCUT2D eigenvalue weighted by molar-refractivity contribution is 0.105. The molecule has 0 saturated carbocycles. The van der Waals surface area contributed by atoms with E-state index in [2.05, 4.69) is 10.6 Å². The second-order valence-corrected chi connectivity index (χ2v) is 5.68. The quantitative estimate of drug-likeness (QED) is 0.838. The lowest BCUT2D eigenvalue weighted by atomic mass is 10.2. The molecule has 1 aromatic carbocycles. The van der Waals surface area contributed by atoms with E-state index in [0.717, 1.165) is 5.56 Å². The van der Waals surface area contributed by atoms with Crippen LogP contribution in [0.15, 0.2) is 35.0 Å². The number of nitrogens with one attached hydrogen (secondary N) is 2. The first-order valence-electron chi connectivity index (χ1n) is 6.57. The molecule has 1 atom stereocenters. The van der Waals surface area contributed by atoms with Gasteiger partial charge in [-0.3, -0.25) is 0 Å². The molecule has 0 bridgehead atoms. The van der Waals surface area contributed by atoms with Crippen LogP contribution in [-0.4, -0.2) is 26.8 Å². The molecule has 2 N–H and O–H groups in total. The molecule has 5 nitrogen and oxygen atoms in total. The minimum absolute atomic E-state index is 0.182. The van der Waals surface area contributed by atoms with Crippen LogP contribution in [0.2, 0.25) is 5.02 Å². The van der Waals surface area contributed by atoms with E-state index in [0.29, 0.717) is 23.0 Å². The number of urea groups is 1. The third-order valence-corrected chi connectivity index (χ3v) is 3.99. The van der Waals surface area contributed by atoms with Gasteiger partial charge in [0.15, 0.2) is 0 Å². The Morgan fingerprint density at radius 3 is 2.82 bits per heavy atom. The molecule has 2 amide bonds. The van der Waals surface area contributed by atoms with Crippen LogP contribution in [0, 0.1) is 0 Å². The Morgan fingerprint density at radius 2 is 2.18 bits per heavy atom. The van der Waals surface area contributed by atoms with Crippen LogP contribution in [0.5, 0.6) is 5.75 Å². The van der Waals surface area contributed by atoms with E-state index in [-0.39, 0.29) is 12.1 Å². The SMILES string of the molecule is COc1ccc(Cl)cc1NC(=O)NCC(OC)c1ccsc1. The highest BCUT2D eigenvalue weighted by molar-refractivity contribution is 7.07. The van der Waals surface area contributed by atoms with Gasteiger partial charge in [0.1, 0.15) is 11.9 Å². The lowest BCUT2D eigenvalue weighted by Gasteiger charge is -2.16. The van der Waals surface area contributed by atoms with Crippen molar-refractivity contribution in [3.05, 3.63) is 45.6 Å². The normalized spacial score (nSPS) is 11.8. The number of hydrogen-bond donors (Lipinski definition) is 2. The highest BCUT2D eigenvalue weighted by atomic mass is 35.5. The van der Waals surface area contributed by atoms with E-state index in [1.165, 1.54) is 7.11 Å². The van der Waals surface area contributed by atoms with Crippen LogP contribution in [0.4, 0.5) is 10.5 Å². The number of ether oxygens (including phenoxy) is 2. The van der Waals surface area contributed by atoms with Gasteiger partial charge in [-0.05, 0) is 40.6 Å². The van der Waals surface area contributed by atoms with Gasteiger partial charge in [-0.15, -0.1) is 0 Å². The predicted octanol–water partition coefficient (Wildman–Crippen LogP) is 3.92. The zero-order valence-corrected chi connectivity index (χ0v) is 13.8. The van der Waals surface area contributed by atoms with Crippen molar-refractivity contribution in [1.29, 1.82) is 0 Å². The molecule has 0 aliphatic rings. The zero-order valence-electron chi connectivity index (χ0n) is 12.3. The van der Waals surface area contributed by atoms with E-state index in [4.69, 9.17) is 21.1 Å². The largest absolute Gasteiger partial charge is 0.495 e. The van der Waals surface area contributed by atoms with Gasteiger partial charge in [-0.2, -0.15) is 11.3 Å². The summed E-state index contributed by atoms with van der Waals surface area (Å²) in [5.74, 6) is 0.542. The fraction of sp³-hybridized carbons (Fsp3) is 0.267. The smallest absolute Gasteiger partial charge is 0.319 e. The van der Waals surface area contributed by atoms with Gasteiger partial charge < -0.3 is 20.1 Å². The Balaban J connectivity index is 1.94. The van der Waals surface area contributed by atoms with Crippen molar-refractivity contribution in [3.63, 3.8) is 0 Å². The standard InChI is InChI=1S/C15H17ClN2O3S/c1-20-13-4-3-11(16)7-12(13)18-15(19)17-8-14(21-2)10-5-6-22-9-10/h3-7,9,14H,8H2,1-2H3,(H2,17,18,19). The zero-order chi connectivity index (χ0) is 15.9. The minimum Gasteiger partial charge on any atom is -0.495 e. The van der Waals surface area contributed by atoms with Crippen molar-refractivity contribution in [2.24, 2.45) is 0 Å². The summed E-state index contributed by atoms with van der Waals surface area (Å²) < 4.78 is 10.6. The predicted molar refractivity (Wildman–Crippen MR) is 89.1 cm³/mol. The first-order valence-corrected chi connectivity index (χ1v) is 7.89. The number of amides is 2. The van der Waals surface area contributed by atoms with E-state index in [1.54, 1.807) is 36.6 Å². The van der Waals surface area contributed by atoms with Crippen molar-refractivity contribution in [2.45, 2.75) is 6.10 Å². The number of benzene rings is 1. The number of halogens is 1. The average Bonchev–Trinajstić information content (AvgIpc) is 3.02. The molecule has 1 heterocycles. The third-order valence-electron chi connectivity index (χ3n) is 3.06. The van der Waals surface area contributed by atoms with E-state index < -0.39 is 0 Å². The summed E-state index contributed by atoms with van der Waals surface area (Å²) in [5.41, 5.74) is 1.55. The summed E-state index contributed by atoms with van der Waals surface area (Å²) in [5, 5.41) is 9.97. The Kier molecular flexibility index (Phi) is 6.06. The van der Waals surface area contributed by atoms with Crippen molar-refractivity contribution < 1.29 is 14.3 Å². The molecule has 1 unspecified atom stereocenters. The lowest BCUT2D eigenvalue weighted by Crippen LogP contribution is -2.32. The van der Waals surface area contributed by atoms with Crippen molar-refractivity contribution >= 4 is 34.7 Å². The number of methoxy groups -OCH3 is 2. The van der Waals surface area contributed by atoms with E-state index >= 15 is 0 Å². The number of hydrogen-bond acceptors (Lipinski definition) is 4. The topological polar surface area (TPSA) is 59.6 Å². The molecule has 0 fully saturated rings. The summed E-state index contributed by atoms with van der Waals surface area (Å²) >= 11 is 7.52. The van der Waals surface area contributed by atoms with Gasteiger partial charge in [0.2, 0.25) is 0 Å². The van der Waals surface area contributed by atoms with E-state index in [9.17, 15) is 4.79 Å². The maximum atomic E-state index is 12.0. The summed E-state index contributed by atoms with van der Waals surface area (Å²) in [6.45, 7) is 0.363. The Hall–Kier alpha value is -1.76. The monoisotopic (exact) mass is 340 g/mol. The van der Waals surface area contributed by atoms with Gasteiger partial charge in [-0.1, -0.05) is 11.6 Å². The highest BCUT2D eigenvalue weighted by Gasteiger charge is 2.13. The average molecular weight is 341 g/mol. The fourth-order valence-corrected chi connectivity index (χ4v) is 2.80. The second kappa shape index (κ2) is 8.03. The molecular weight excluding hydrogens is 324 g/mol. The summed E-state index contributed by atoms with van der Waals surface area (Å²) in [6, 6.07) is 6.64. The number of thiophene rings is 1. The first-order chi connectivity index (χ1) is 10.6. The maximum Gasteiger partial charge on any atom is 0.319 e. The molecular formula is C15H17ClN2O3S. The summed E-state index contributed by atoms with van der Waals surface area (Å²) in [4.78, 5) is 12.0. The van der Waals surface area contributed by atoms with Crippen LogP contribution in [0.1, 0.15) is 11.7 Å². The van der Waals surface area contributed by atoms with Crippen LogP contribution in [0.25, 0.3) is 0 Å². The molecule has 0 saturated heterocycles. The van der Waals surface area contributed by atoms with Gasteiger partial charge in [-0.25, -0.2) is 4.79 Å². The molecule has 0 spiro atoms. The molecule has 0 radical (unpaired) electrons. The Bertz CT molecular complexity index is 619. The van der Waals surface area contributed by atoms with Crippen LogP contribution in [0.3, 0.4) is 0 Å². The van der Waals surface area contributed by atoms with Crippen molar-refractivity contribution in [2.75, 3.05) is 26.1 Å². The number of anilines is 1. The van der Waals surface area contributed by atoms with E-state index in [1.807, 2.05) is 16.8 Å². The molecule has 0 aliphatic carbocycles. The van der Waals surface area contributed by atoms with Gasteiger partial charge in [0, 0.05) is 18.7 Å². The molecule has 0 aliphatic heterocycles. The maximum absolute atomic E-state index is 12.0. The minimum atomic E-state index is -0.349. The molecule has 7 heteroatoms. The fourth-order valence-electron chi connectivity index (χ4n) is 1.93. The van der Waals surface area contributed by atoms with Gasteiger partial charge in [0.05, 0.1) is 12.8 Å². The number of rotatable bonds is 6. The van der Waals surface area contributed by atoms with Gasteiger partial charge >= 0.3 is 6.03 Å². The van der Waals surface area contributed by atoms with Crippen LogP contribution in [-0.2, 0) is 4.74 Å². The highest BCUT2D eigenvalue weighted by Crippen LogP contribution is 2.27. The van der Waals surface area contributed by atoms with Crippen LogP contribution >= 0.6 is 22.9 Å². The molecule has 2 rings (SSSR count). The molecule has 22 heavy (non-hydrogen) atoms. The Labute approximate surface area is 138 Å². The Morgan fingerprint density at radius 1 is 1.36 bits per heavy atom. The first kappa shape index (κ1) is 16.6. The summed E-state index contributed by atoms with van der Waals surface area (Å²) in [7, 11) is 3.14. The number of carbonyl (C=O) groups excluding carboxylic acids is 1. The van der Waals surface area contributed by atoms with Crippen molar-refractivity contribution in [3.8, 4) is 5.75 Å². The third kappa shape index (κ3) is 4.37. The molecule has 2 aromatic rings. The summed E-state index contributed by atoms with van der Waals surface area (Å²) in [6.07, 6.45) is -0.182.